The van der Waals surface area contributed by atoms with Crippen molar-refractivity contribution in [3.63, 3.8) is 0 Å². The van der Waals surface area contributed by atoms with E-state index in [1.54, 1.807) is 0 Å². The van der Waals surface area contributed by atoms with E-state index in [4.69, 9.17) is 75.0 Å². The Morgan fingerprint density at radius 2 is 0.500 bits per heavy atom. The summed E-state index contributed by atoms with van der Waals surface area (Å²) >= 11 is 0. The van der Waals surface area contributed by atoms with Crippen molar-refractivity contribution in [3.05, 3.63) is 0 Å². The van der Waals surface area contributed by atoms with Gasteiger partial charge in [0.1, 0.15) is 0 Å². The SMILES string of the molecule is O=C(O)O.O=C(O)O.O=C(O)O.O=C([O-])O.O=C([O-])O.[Ca+2].[La]. The summed E-state index contributed by atoms with van der Waals surface area (Å²) in [6.07, 6.45) is -9.67. The Morgan fingerprint density at radius 3 is 0.500 bits per heavy atom. The van der Waals surface area contributed by atoms with Crippen LogP contribution in [0.4, 0.5) is 24.0 Å². The summed E-state index contributed by atoms with van der Waals surface area (Å²) < 4.78 is 0. The fourth-order valence-corrected chi connectivity index (χ4v) is 0. The molecule has 0 bridgehead atoms. The maximum Gasteiger partial charge on any atom is 2.00 e. The van der Waals surface area contributed by atoms with Gasteiger partial charge in [-0.25, -0.2) is 14.4 Å². The largest absolute Gasteiger partial charge is 2.00 e. The zero-order chi connectivity index (χ0) is 17.9. The molecule has 0 aliphatic rings. The fraction of sp³-hybridized carbons (Fsp3) is 0. The van der Waals surface area contributed by atoms with E-state index in [2.05, 4.69) is 0 Å². The summed E-state index contributed by atoms with van der Waals surface area (Å²) in [5.41, 5.74) is 0. The molecule has 0 aliphatic heterocycles. The minimum absolute atomic E-state index is 0. The predicted molar refractivity (Wildman–Crippen MR) is 53.8 cm³/mol. The molecule has 0 spiro atoms. The quantitative estimate of drug-likeness (QED) is 0.172. The summed E-state index contributed by atoms with van der Waals surface area (Å²) in [5.74, 6) is 0. The Bertz CT molecular complexity index is 213. The zero-order valence-electron chi connectivity index (χ0n) is 10.2. The van der Waals surface area contributed by atoms with Gasteiger partial charge in [-0.3, -0.25) is 0 Å². The Kier molecular flexibility index (Phi) is 71.5. The summed E-state index contributed by atoms with van der Waals surface area (Å²) in [6, 6.07) is 0. The standard InChI is InChI=1S/5CH2O3.Ca.La/c5*2-1(3)4;;/h5*(H2,2,3,4);;/q;;;;;+2;/p-2. The molecule has 0 unspecified atom stereocenters. The van der Waals surface area contributed by atoms with Crippen molar-refractivity contribution in [2.75, 3.05) is 0 Å². The molecule has 0 saturated heterocycles. The van der Waals surface area contributed by atoms with E-state index in [1.165, 1.54) is 0 Å². The molecule has 0 rings (SSSR count). The van der Waals surface area contributed by atoms with E-state index in [-0.39, 0.29) is 73.3 Å². The van der Waals surface area contributed by atoms with Crippen LogP contribution in [0.25, 0.3) is 0 Å². The maximum absolute atomic E-state index is 8.56. The number of carboxylic acid groups (broad SMARTS) is 10. The first-order chi connectivity index (χ1) is 8.66. The molecular formula is C5H8CaLaO15. The molecule has 22 heavy (non-hydrogen) atoms. The Balaban J connectivity index is -0.0000000250. The first kappa shape index (κ1) is 42.8. The first-order valence-electron chi connectivity index (χ1n) is 3.22. The minimum Gasteiger partial charge on any atom is -0.565 e. The van der Waals surface area contributed by atoms with Crippen molar-refractivity contribution < 1.29 is 111 Å². The molecule has 0 saturated carbocycles. The van der Waals surface area contributed by atoms with Crippen LogP contribution in [-0.4, -0.2) is 109 Å². The Morgan fingerprint density at radius 1 is 0.500 bits per heavy atom. The number of carbonyl (C=O) groups is 5. The van der Waals surface area contributed by atoms with Gasteiger partial charge in [0.25, 0.3) is 0 Å². The van der Waals surface area contributed by atoms with Crippen LogP contribution in [0.1, 0.15) is 0 Å². The van der Waals surface area contributed by atoms with E-state index < -0.39 is 30.8 Å². The van der Waals surface area contributed by atoms with Crippen molar-refractivity contribution in [2.24, 2.45) is 0 Å². The third-order valence-electron chi connectivity index (χ3n) is 0. The molecular weight excluding hydrogens is 479 g/mol. The molecule has 1 radical (unpaired) electrons. The van der Waals surface area contributed by atoms with E-state index in [9.17, 15) is 0 Å². The van der Waals surface area contributed by atoms with Crippen LogP contribution in [-0.2, 0) is 0 Å². The van der Waals surface area contributed by atoms with Crippen molar-refractivity contribution in [1.29, 1.82) is 0 Å². The molecule has 0 fully saturated rings. The molecule has 17 heteroatoms. The van der Waals surface area contributed by atoms with E-state index in [0.717, 1.165) is 0 Å². The van der Waals surface area contributed by atoms with Gasteiger partial charge in [0, 0.05) is 35.6 Å². The molecule has 0 aliphatic carbocycles. The van der Waals surface area contributed by atoms with E-state index in [1.807, 2.05) is 0 Å². The molecule has 0 amide bonds. The second-order valence-electron chi connectivity index (χ2n) is 1.38. The molecule has 8 N–H and O–H groups in total. The molecule has 0 heterocycles. The van der Waals surface area contributed by atoms with Gasteiger partial charge in [-0.15, -0.1) is 0 Å². The molecule has 0 aromatic heterocycles. The van der Waals surface area contributed by atoms with Crippen LogP contribution in [0.15, 0.2) is 0 Å². The average molecular weight is 487 g/mol. The van der Waals surface area contributed by atoms with Crippen molar-refractivity contribution in [2.45, 2.75) is 0 Å². The number of hydrogen-bond donors (Lipinski definition) is 8. The van der Waals surface area contributed by atoms with Gasteiger partial charge in [-0.05, 0) is 0 Å². The topological polar surface area (TPSA) is 293 Å². The second kappa shape index (κ2) is 36.7. The third kappa shape index (κ3) is 4170. The van der Waals surface area contributed by atoms with E-state index >= 15 is 0 Å². The molecule has 0 aromatic carbocycles. The number of rotatable bonds is 0. The number of hydrogen-bond acceptors (Lipinski definition) is 7. The Hall–Kier alpha value is -1.20. The van der Waals surface area contributed by atoms with Gasteiger partial charge >= 0.3 is 56.2 Å². The molecule has 123 valence electrons. The van der Waals surface area contributed by atoms with Gasteiger partial charge in [-0.2, -0.15) is 0 Å². The van der Waals surface area contributed by atoms with Crippen molar-refractivity contribution in [1.82, 2.24) is 0 Å². The minimum atomic E-state index is -2.08. The van der Waals surface area contributed by atoms with Gasteiger partial charge in [0.15, 0.2) is 0 Å². The van der Waals surface area contributed by atoms with Crippen LogP contribution in [0.3, 0.4) is 0 Å². The zero-order valence-corrected chi connectivity index (χ0v) is 16.1. The molecule has 0 atom stereocenters. The predicted octanol–water partition coefficient (Wildman–Crippen LogP) is -1.94. The smallest absolute Gasteiger partial charge is 0.565 e. The van der Waals surface area contributed by atoms with Crippen molar-refractivity contribution >= 4 is 68.5 Å². The second-order valence-corrected chi connectivity index (χ2v) is 1.38. The van der Waals surface area contributed by atoms with E-state index in [0.29, 0.717) is 0 Å². The van der Waals surface area contributed by atoms with Gasteiger partial charge < -0.3 is 60.7 Å². The normalized spacial score (nSPS) is 5.45. The van der Waals surface area contributed by atoms with Gasteiger partial charge in [-0.1, -0.05) is 0 Å². The van der Waals surface area contributed by atoms with Crippen LogP contribution >= 0.6 is 0 Å². The monoisotopic (exact) mass is 487 g/mol. The van der Waals surface area contributed by atoms with Gasteiger partial charge in [0.05, 0.1) is 0 Å². The first-order valence-corrected chi connectivity index (χ1v) is 3.22. The van der Waals surface area contributed by atoms with Crippen molar-refractivity contribution in [3.8, 4) is 0 Å². The summed E-state index contributed by atoms with van der Waals surface area (Å²) in [5, 5.41) is 72.4. The summed E-state index contributed by atoms with van der Waals surface area (Å²) in [4.78, 5) is 42.6. The van der Waals surface area contributed by atoms with Gasteiger partial charge in [0.2, 0.25) is 12.3 Å². The van der Waals surface area contributed by atoms with Crippen LogP contribution in [0.2, 0.25) is 0 Å². The third-order valence-corrected chi connectivity index (χ3v) is 0. The van der Waals surface area contributed by atoms with Crippen LogP contribution < -0.4 is 10.2 Å². The Labute approximate surface area is 177 Å². The fourth-order valence-electron chi connectivity index (χ4n) is 0. The summed E-state index contributed by atoms with van der Waals surface area (Å²) in [6.45, 7) is 0. The average Bonchev–Trinajstić information content (AvgIpc) is 1.94. The summed E-state index contributed by atoms with van der Waals surface area (Å²) in [7, 11) is 0. The van der Waals surface area contributed by atoms with Crippen LogP contribution in [0.5, 0.6) is 0 Å². The van der Waals surface area contributed by atoms with Crippen LogP contribution in [0, 0.1) is 35.6 Å². The molecule has 0 aromatic rings. The maximum atomic E-state index is 8.56. The molecule has 15 nitrogen and oxygen atoms in total.